The van der Waals surface area contributed by atoms with E-state index in [0.29, 0.717) is 23.1 Å². The molecule has 0 bridgehead atoms. The predicted molar refractivity (Wildman–Crippen MR) is 98.6 cm³/mol. The Morgan fingerprint density at radius 2 is 1.67 bits per heavy atom. The predicted octanol–water partition coefficient (Wildman–Crippen LogP) is 4.66. The molecule has 2 aromatic carbocycles. The van der Waals surface area contributed by atoms with Gasteiger partial charge in [-0.3, -0.25) is 4.72 Å². The SMILES string of the molecule is CCOc1ccc(Cl)cc1S(=O)(=O)Nc1c(CC)cccc1CC. The van der Waals surface area contributed by atoms with E-state index in [9.17, 15) is 8.42 Å². The number of nitrogens with one attached hydrogen (secondary N) is 1. The van der Waals surface area contributed by atoms with E-state index in [4.69, 9.17) is 16.3 Å². The van der Waals surface area contributed by atoms with Gasteiger partial charge < -0.3 is 4.74 Å². The molecule has 0 unspecified atom stereocenters. The molecule has 0 amide bonds. The summed E-state index contributed by atoms with van der Waals surface area (Å²) in [6.07, 6.45) is 1.47. The molecule has 0 radical (unpaired) electrons. The summed E-state index contributed by atoms with van der Waals surface area (Å²) in [6.45, 7) is 6.17. The maximum absolute atomic E-state index is 12.9. The number of halogens is 1. The van der Waals surface area contributed by atoms with Crippen molar-refractivity contribution in [1.29, 1.82) is 0 Å². The first kappa shape index (κ1) is 18.6. The molecule has 0 aliphatic carbocycles. The molecule has 6 heteroatoms. The molecule has 2 rings (SSSR count). The Labute approximate surface area is 148 Å². The van der Waals surface area contributed by atoms with Crippen molar-refractivity contribution in [2.75, 3.05) is 11.3 Å². The highest BCUT2D eigenvalue weighted by molar-refractivity contribution is 7.92. The Morgan fingerprint density at radius 3 is 2.21 bits per heavy atom. The number of benzene rings is 2. The molecule has 0 fully saturated rings. The third-order valence-electron chi connectivity index (χ3n) is 3.73. The lowest BCUT2D eigenvalue weighted by atomic mass is 10.0. The third kappa shape index (κ3) is 4.02. The van der Waals surface area contributed by atoms with Crippen molar-refractivity contribution in [3.8, 4) is 5.75 Å². The molecule has 0 aliphatic heterocycles. The van der Waals surface area contributed by atoms with E-state index in [1.165, 1.54) is 6.07 Å². The summed E-state index contributed by atoms with van der Waals surface area (Å²) >= 11 is 6.00. The van der Waals surface area contributed by atoms with Crippen LogP contribution < -0.4 is 9.46 Å². The molecular weight excluding hydrogens is 346 g/mol. The van der Waals surface area contributed by atoms with Gasteiger partial charge in [-0.15, -0.1) is 0 Å². The van der Waals surface area contributed by atoms with Crippen LogP contribution in [0, 0.1) is 0 Å². The highest BCUT2D eigenvalue weighted by atomic mass is 35.5. The Balaban J connectivity index is 2.52. The minimum absolute atomic E-state index is 0.0461. The number of hydrogen-bond acceptors (Lipinski definition) is 3. The van der Waals surface area contributed by atoms with Gasteiger partial charge in [-0.2, -0.15) is 0 Å². The van der Waals surface area contributed by atoms with Crippen LogP contribution >= 0.6 is 11.6 Å². The smallest absolute Gasteiger partial charge is 0.265 e. The second-order valence-electron chi connectivity index (χ2n) is 5.29. The summed E-state index contributed by atoms with van der Waals surface area (Å²) in [5.74, 6) is 0.293. The maximum Gasteiger partial charge on any atom is 0.265 e. The normalized spacial score (nSPS) is 11.3. The van der Waals surface area contributed by atoms with E-state index in [2.05, 4.69) is 4.72 Å². The lowest BCUT2D eigenvalue weighted by Crippen LogP contribution is -2.17. The Bertz CT molecular complexity index is 797. The lowest BCUT2D eigenvalue weighted by molar-refractivity contribution is 0.331. The van der Waals surface area contributed by atoms with Crippen molar-refractivity contribution < 1.29 is 13.2 Å². The van der Waals surface area contributed by atoms with Crippen molar-refractivity contribution in [1.82, 2.24) is 0 Å². The van der Waals surface area contributed by atoms with Crippen LogP contribution in [0.1, 0.15) is 31.9 Å². The Morgan fingerprint density at radius 1 is 1.04 bits per heavy atom. The van der Waals surface area contributed by atoms with Gasteiger partial charge in [0.2, 0.25) is 0 Å². The molecule has 130 valence electrons. The molecule has 0 aromatic heterocycles. The number of anilines is 1. The molecule has 0 aliphatic rings. The molecular formula is C18H22ClNO3S. The lowest BCUT2D eigenvalue weighted by Gasteiger charge is -2.17. The second-order valence-corrected chi connectivity index (χ2v) is 7.38. The average Bonchev–Trinajstić information content (AvgIpc) is 2.56. The fraction of sp³-hybridized carbons (Fsp3) is 0.333. The number of para-hydroxylation sites is 1. The molecule has 0 saturated carbocycles. The van der Waals surface area contributed by atoms with Crippen molar-refractivity contribution in [2.45, 2.75) is 38.5 Å². The van der Waals surface area contributed by atoms with Crippen molar-refractivity contribution in [3.63, 3.8) is 0 Å². The monoisotopic (exact) mass is 367 g/mol. The van der Waals surface area contributed by atoms with E-state index in [1.807, 2.05) is 32.0 Å². The van der Waals surface area contributed by atoms with Crippen LogP contribution in [0.3, 0.4) is 0 Å². The summed E-state index contributed by atoms with van der Waals surface area (Å²) in [6, 6.07) is 10.4. The first-order valence-corrected chi connectivity index (χ1v) is 9.84. The number of rotatable bonds is 7. The van der Waals surface area contributed by atoms with E-state index < -0.39 is 10.0 Å². The van der Waals surface area contributed by atoms with Gasteiger partial charge in [-0.1, -0.05) is 43.6 Å². The summed E-state index contributed by atoms with van der Waals surface area (Å²) in [7, 11) is -3.81. The summed E-state index contributed by atoms with van der Waals surface area (Å²) in [4.78, 5) is 0.0461. The van der Waals surface area contributed by atoms with E-state index in [0.717, 1.165) is 24.0 Å². The highest BCUT2D eigenvalue weighted by Crippen LogP contribution is 2.31. The van der Waals surface area contributed by atoms with Crippen LogP contribution in [0.15, 0.2) is 41.3 Å². The van der Waals surface area contributed by atoms with Crippen LogP contribution in [0.2, 0.25) is 5.02 Å². The number of aryl methyl sites for hydroxylation is 2. The third-order valence-corrected chi connectivity index (χ3v) is 5.34. The highest BCUT2D eigenvalue weighted by Gasteiger charge is 2.22. The zero-order valence-electron chi connectivity index (χ0n) is 14.1. The van der Waals surface area contributed by atoms with Crippen molar-refractivity contribution in [3.05, 3.63) is 52.5 Å². The van der Waals surface area contributed by atoms with Crippen molar-refractivity contribution in [2.24, 2.45) is 0 Å². The van der Waals surface area contributed by atoms with Crippen LogP contribution in [0.4, 0.5) is 5.69 Å². The zero-order chi connectivity index (χ0) is 17.7. The summed E-state index contributed by atoms with van der Waals surface area (Å²) in [5.41, 5.74) is 2.56. The zero-order valence-corrected chi connectivity index (χ0v) is 15.7. The minimum Gasteiger partial charge on any atom is -0.492 e. The second kappa shape index (κ2) is 7.90. The first-order chi connectivity index (χ1) is 11.4. The number of sulfonamides is 1. The molecule has 0 atom stereocenters. The molecule has 1 N–H and O–H groups in total. The molecule has 2 aromatic rings. The van der Waals surface area contributed by atoms with Crippen molar-refractivity contribution >= 4 is 27.3 Å². The van der Waals surface area contributed by atoms with Crippen LogP contribution in [0.25, 0.3) is 0 Å². The topological polar surface area (TPSA) is 55.4 Å². The summed E-state index contributed by atoms with van der Waals surface area (Å²) < 4.78 is 34.1. The van der Waals surface area contributed by atoms with Crippen LogP contribution in [0.5, 0.6) is 5.75 Å². The van der Waals surface area contributed by atoms with Gasteiger partial charge >= 0.3 is 0 Å². The standard InChI is InChI=1S/C18H22ClNO3S/c1-4-13-8-7-9-14(5-2)18(13)20-24(21,22)17-12-15(19)10-11-16(17)23-6-3/h7-12,20H,4-6H2,1-3H3. The fourth-order valence-electron chi connectivity index (χ4n) is 2.53. The van der Waals surface area contributed by atoms with Crippen LogP contribution in [-0.2, 0) is 22.9 Å². The largest absolute Gasteiger partial charge is 0.492 e. The van der Waals surface area contributed by atoms with Gasteiger partial charge in [0, 0.05) is 5.02 Å². The number of hydrogen-bond donors (Lipinski definition) is 1. The minimum atomic E-state index is -3.81. The van der Waals surface area contributed by atoms with Gasteiger partial charge in [0.15, 0.2) is 0 Å². The molecule has 24 heavy (non-hydrogen) atoms. The first-order valence-electron chi connectivity index (χ1n) is 7.98. The Hall–Kier alpha value is -1.72. The van der Waals surface area contributed by atoms with Gasteiger partial charge in [0.1, 0.15) is 10.6 Å². The quantitative estimate of drug-likeness (QED) is 0.774. The average molecular weight is 368 g/mol. The fourth-order valence-corrected chi connectivity index (χ4v) is 4.08. The molecule has 4 nitrogen and oxygen atoms in total. The van der Waals surface area contributed by atoms with Crippen LogP contribution in [-0.4, -0.2) is 15.0 Å². The van der Waals surface area contributed by atoms with Gasteiger partial charge in [0.05, 0.1) is 12.3 Å². The van der Waals surface area contributed by atoms with E-state index in [1.54, 1.807) is 19.1 Å². The number of ether oxygens (including phenoxy) is 1. The van der Waals surface area contributed by atoms with Gasteiger partial charge in [-0.05, 0) is 49.1 Å². The molecule has 0 spiro atoms. The van der Waals surface area contributed by atoms with Gasteiger partial charge in [-0.25, -0.2) is 8.42 Å². The van der Waals surface area contributed by atoms with E-state index in [-0.39, 0.29) is 4.90 Å². The maximum atomic E-state index is 12.9. The van der Waals surface area contributed by atoms with E-state index >= 15 is 0 Å². The molecule has 0 heterocycles. The van der Waals surface area contributed by atoms with Gasteiger partial charge in [0.25, 0.3) is 10.0 Å². The summed E-state index contributed by atoms with van der Waals surface area (Å²) in [5, 5.41) is 0.346. The molecule has 0 saturated heterocycles. The Kier molecular flexibility index (Phi) is 6.13.